The van der Waals surface area contributed by atoms with E-state index in [-0.39, 0.29) is 10.1 Å². The zero-order valence-corrected chi connectivity index (χ0v) is 11.3. The minimum atomic E-state index is -4.44. The van der Waals surface area contributed by atoms with Crippen molar-refractivity contribution in [3.8, 4) is 0 Å². The van der Waals surface area contributed by atoms with Gasteiger partial charge in [-0.2, -0.15) is 13.2 Å². The lowest BCUT2D eigenvalue weighted by Crippen LogP contribution is -2.05. The van der Waals surface area contributed by atoms with Crippen LogP contribution in [0.3, 0.4) is 0 Å². The van der Waals surface area contributed by atoms with Crippen molar-refractivity contribution in [3.63, 3.8) is 0 Å². The van der Waals surface area contributed by atoms with Gasteiger partial charge in [0, 0.05) is 6.20 Å². The van der Waals surface area contributed by atoms with Gasteiger partial charge in [-0.1, -0.05) is 5.16 Å². The molecule has 2 aromatic rings. The molecule has 0 saturated carbocycles. The molecule has 0 radical (unpaired) electrons. The van der Waals surface area contributed by atoms with Gasteiger partial charge in [0.2, 0.25) is 5.12 Å². The summed E-state index contributed by atoms with van der Waals surface area (Å²) in [5.74, 6) is 0.368. The zero-order chi connectivity index (χ0) is 14.9. The molecule has 0 amide bonds. The van der Waals surface area contributed by atoms with E-state index >= 15 is 0 Å². The molecule has 0 aliphatic carbocycles. The van der Waals surface area contributed by atoms with E-state index < -0.39 is 11.7 Å². The molecule has 0 N–H and O–H groups in total. The van der Waals surface area contributed by atoms with E-state index in [1.807, 2.05) is 0 Å². The fourth-order valence-corrected chi connectivity index (χ4v) is 2.35. The van der Waals surface area contributed by atoms with Gasteiger partial charge in [0.15, 0.2) is 0 Å². The molecule has 20 heavy (non-hydrogen) atoms. The number of nitrogens with zero attached hydrogens (tertiary/aromatic N) is 2. The Morgan fingerprint density at radius 1 is 1.30 bits per heavy atom. The van der Waals surface area contributed by atoms with E-state index in [1.54, 1.807) is 13.8 Å². The Hall–Kier alpha value is -1.83. The maximum atomic E-state index is 12.4. The molecule has 0 spiro atoms. The number of carbonyl (C=O) groups excluding carboxylic acids is 1. The number of hydrogen-bond acceptors (Lipinski definition) is 5. The van der Waals surface area contributed by atoms with E-state index in [0.717, 1.165) is 23.9 Å². The van der Waals surface area contributed by atoms with Crippen molar-refractivity contribution >= 4 is 16.9 Å². The van der Waals surface area contributed by atoms with Gasteiger partial charge in [0.05, 0.1) is 16.8 Å². The van der Waals surface area contributed by atoms with Crippen LogP contribution in [-0.2, 0) is 6.18 Å². The standard InChI is InChI=1S/C12H9F3N2O2S/c1-6-10(7(2)19-17-6)11(18)20-9-4-3-8(5-16-9)12(13,14)15/h3-5H,1-2H3. The first-order valence-electron chi connectivity index (χ1n) is 5.47. The molecule has 2 heterocycles. The van der Waals surface area contributed by atoms with Crippen LogP contribution in [0.5, 0.6) is 0 Å². The second-order valence-electron chi connectivity index (χ2n) is 3.97. The number of halogens is 3. The summed E-state index contributed by atoms with van der Waals surface area (Å²) in [5, 5.41) is 3.46. The molecular weight excluding hydrogens is 293 g/mol. The third kappa shape index (κ3) is 3.01. The summed E-state index contributed by atoms with van der Waals surface area (Å²) >= 11 is 0.732. The average molecular weight is 302 g/mol. The molecule has 0 aliphatic heterocycles. The summed E-state index contributed by atoms with van der Waals surface area (Å²) in [6.45, 7) is 3.21. The molecule has 0 saturated heterocycles. The summed E-state index contributed by atoms with van der Waals surface area (Å²) in [5.41, 5.74) is -0.102. The van der Waals surface area contributed by atoms with Crippen molar-refractivity contribution < 1.29 is 22.5 Å². The van der Waals surface area contributed by atoms with E-state index in [2.05, 4.69) is 10.1 Å². The zero-order valence-electron chi connectivity index (χ0n) is 10.5. The normalized spacial score (nSPS) is 11.7. The lowest BCUT2D eigenvalue weighted by atomic mass is 10.2. The van der Waals surface area contributed by atoms with Crippen LogP contribution in [-0.4, -0.2) is 15.3 Å². The molecular formula is C12H9F3N2O2S. The summed E-state index contributed by atoms with van der Waals surface area (Å²) in [4.78, 5) is 15.6. The summed E-state index contributed by atoms with van der Waals surface area (Å²) < 4.78 is 42.0. The largest absolute Gasteiger partial charge is 0.417 e. The van der Waals surface area contributed by atoms with Crippen LogP contribution in [0.25, 0.3) is 0 Å². The molecule has 4 nitrogen and oxygen atoms in total. The maximum absolute atomic E-state index is 12.4. The Labute approximate surface area is 116 Å². The molecule has 0 bridgehead atoms. The van der Waals surface area contributed by atoms with Crippen LogP contribution in [0.2, 0.25) is 0 Å². The van der Waals surface area contributed by atoms with Crippen LogP contribution in [0.15, 0.2) is 27.9 Å². The van der Waals surface area contributed by atoms with Crippen LogP contribution >= 0.6 is 11.8 Å². The van der Waals surface area contributed by atoms with Gasteiger partial charge in [0.1, 0.15) is 10.8 Å². The third-order valence-corrected chi connectivity index (χ3v) is 3.34. The van der Waals surface area contributed by atoms with Crippen LogP contribution < -0.4 is 0 Å². The highest BCUT2D eigenvalue weighted by Gasteiger charge is 2.30. The van der Waals surface area contributed by atoms with Crippen molar-refractivity contribution in [2.45, 2.75) is 25.0 Å². The second kappa shape index (κ2) is 5.28. The maximum Gasteiger partial charge on any atom is 0.417 e. The first kappa shape index (κ1) is 14.6. The Morgan fingerprint density at radius 3 is 2.45 bits per heavy atom. The predicted octanol–water partition coefficient (Wildman–Crippen LogP) is 3.64. The van der Waals surface area contributed by atoms with Gasteiger partial charge in [-0.15, -0.1) is 0 Å². The highest BCUT2D eigenvalue weighted by atomic mass is 32.2. The number of hydrogen-bond donors (Lipinski definition) is 0. The van der Waals surface area contributed by atoms with Gasteiger partial charge in [-0.3, -0.25) is 4.79 Å². The number of thioether (sulfide) groups is 1. The molecule has 2 rings (SSSR count). The highest BCUT2D eigenvalue weighted by Crippen LogP contribution is 2.30. The minimum absolute atomic E-state index is 0.183. The smallest absolute Gasteiger partial charge is 0.361 e. The number of pyridine rings is 1. The minimum Gasteiger partial charge on any atom is -0.361 e. The molecule has 0 aliphatic rings. The van der Waals surface area contributed by atoms with Crippen molar-refractivity contribution in [1.29, 1.82) is 0 Å². The molecule has 2 aromatic heterocycles. The Kier molecular flexibility index (Phi) is 3.85. The molecule has 106 valence electrons. The molecule has 8 heteroatoms. The Morgan fingerprint density at radius 2 is 2.00 bits per heavy atom. The fraction of sp³-hybridized carbons (Fsp3) is 0.250. The van der Waals surface area contributed by atoms with E-state index in [1.165, 1.54) is 0 Å². The van der Waals surface area contributed by atoms with Gasteiger partial charge in [-0.05, 0) is 37.7 Å². The van der Waals surface area contributed by atoms with Crippen molar-refractivity contribution in [2.75, 3.05) is 0 Å². The number of alkyl halides is 3. The highest BCUT2D eigenvalue weighted by molar-refractivity contribution is 8.14. The van der Waals surface area contributed by atoms with Gasteiger partial charge >= 0.3 is 6.18 Å². The Bertz CT molecular complexity index is 616. The van der Waals surface area contributed by atoms with Crippen molar-refractivity contribution in [3.05, 3.63) is 40.9 Å². The lowest BCUT2D eigenvalue weighted by Gasteiger charge is -2.06. The van der Waals surface area contributed by atoms with Crippen LogP contribution in [0.4, 0.5) is 13.2 Å². The predicted molar refractivity (Wildman–Crippen MR) is 65.4 cm³/mol. The van der Waals surface area contributed by atoms with Gasteiger partial charge in [-0.25, -0.2) is 4.98 Å². The van der Waals surface area contributed by atoms with Crippen molar-refractivity contribution in [2.24, 2.45) is 0 Å². The Balaban J connectivity index is 2.17. The second-order valence-corrected chi connectivity index (χ2v) is 4.96. The lowest BCUT2D eigenvalue weighted by molar-refractivity contribution is -0.137. The number of aromatic nitrogens is 2. The first-order valence-corrected chi connectivity index (χ1v) is 6.29. The average Bonchev–Trinajstić information content (AvgIpc) is 2.68. The van der Waals surface area contributed by atoms with Crippen LogP contribution in [0, 0.1) is 13.8 Å². The number of carbonyl (C=O) groups is 1. The summed E-state index contributed by atoms with van der Waals surface area (Å²) in [6, 6.07) is 2.04. The SMILES string of the molecule is Cc1noc(C)c1C(=O)Sc1ccc(C(F)(F)F)cn1. The summed E-state index contributed by atoms with van der Waals surface area (Å²) in [6.07, 6.45) is -3.75. The van der Waals surface area contributed by atoms with E-state index in [0.29, 0.717) is 23.2 Å². The molecule has 0 fully saturated rings. The van der Waals surface area contributed by atoms with E-state index in [9.17, 15) is 18.0 Å². The molecule has 0 unspecified atom stereocenters. The number of rotatable bonds is 2. The topological polar surface area (TPSA) is 56.0 Å². The van der Waals surface area contributed by atoms with Gasteiger partial charge < -0.3 is 4.52 Å². The first-order chi connectivity index (χ1) is 9.29. The molecule has 0 aromatic carbocycles. The van der Waals surface area contributed by atoms with Crippen molar-refractivity contribution in [1.82, 2.24) is 10.1 Å². The number of aryl methyl sites for hydroxylation is 2. The quantitative estimate of drug-likeness (QED) is 0.793. The molecule has 0 atom stereocenters. The summed E-state index contributed by atoms with van der Waals surface area (Å²) in [7, 11) is 0. The van der Waals surface area contributed by atoms with Gasteiger partial charge in [0.25, 0.3) is 0 Å². The fourth-order valence-electron chi connectivity index (χ4n) is 1.53. The monoisotopic (exact) mass is 302 g/mol. The third-order valence-electron chi connectivity index (χ3n) is 2.50. The van der Waals surface area contributed by atoms with Crippen LogP contribution in [0.1, 0.15) is 27.4 Å². The van der Waals surface area contributed by atoms with E-state index in [4.69, 9.17) is 4.52 Å².